The summed E-state index contributed by atoms with van der Waals surface area (Å²) in [6, 6.07) is 5.23. The van der Waals surface area contributed by atoms with Gasteiger partial charge < -0.3 is 14.4 Å². The van der Waals surface area contributed by atoms with Crippen LogP contribution in [0.4, 0.5) is 0 Å². The number of halogens is 1. The van der Waals surface area contributed by atoms with Crippen LogP contribution in [0.25, 0.3) is 10.9 Å². The van der Waals surface area contributed by atoms with Crippen molar-refractivity contribution in [3.05, 3.63) is 43.8 Å². The largest absolute Gasteiger partial charge is 0.462 e. The Balaban J connectivity index is 2.85. The summed E-state index contributed by atoms with van der Waals surface area (Å²) in [4.78, 5) is 24.9. The van der Waals surface area contributed by atoms with Gasteiger partial charge in [0.05, 0.1) is 24.8 Å². The number of ether oxygens (including phenoxy) is 1. The molecule has 0 fully saturated rings. The number of hydrogen-bond donors (Lipinski definition) is 1. The number of carbonyl (C=O) groups excluding carboxylic acids is 1. The van der Waals surface area contributed by atoms with E-state index in [1.807, 2.05) is 37.5 Å². The van der Waals surface area contributed by atoms with Gasteiger partial charge in [-0.1, -0.05) is 20.8 Å². The number of aliphatic hydroxyl groups excluding tert-OH is 1. The Morgan fingerprint density at radius 1 is 1.38 bits per heavy atom. The standard InChI is InChI=1S/C18H22INO4/c1-5-24-17(23)13-9-20(15(10-21)18(2,3)4)14-7-6-11(19)8-12(14)16(13)22/h6-9,15,21H,5,10H2,1-4H3/t15-/m1/s1. The summed E-state index contributed by atoms with van der Waals surface area (Å²) in [7, 11) is 0. The lowest BCUT2D eigenvalue weighted by molar-refractivity contribution is 0.0522. The lowest BCUT2D eigenvalue weighted by Crippen LogP contribution is -2.30. The fourth-order valence-electron chi connectivity index (χ4n) is 2.72. The average molecular weight is 443 g/mol. The molecule has 0 radical (unpaired) electrons. The van der Waals surface area contributed by atoms with Crippen molar-refractivity contribution < 1.29 is 14.6 Å². The SMILES string of the molecule is CCOC(=O)c1cn([C@H](CO)C(C)(C)C)c2ccc(I)cc2c1=O. The van der Waals surface area contributed by atoms with Gasteiger partial charge in [-0.05, 0) is 53.1 Å². The highest BCUT2D eigenvalue weighted by Gasteiger charge is 2.28. The first-order valence-corrected chi connectivity index (χ1v) is 8.91. The van der Waals surface area contributed by atoms with Crippen LogP contribution in [0.5, 0.6) is 0 Å². The third-order valence-electron chi connectivity index (χ3n) is 4.00. The highest BCUT2D eigenvalue weighted by molar-refractivity contribution is 14.1. The first kappa shape index (κ1) is 18.9. The summed E-state index contributed by atoms with van der Waals surface area (Å²) in [6.45, 7) is 7.82. The molecule has 24 heavy (non-hydrogen) atoms. The number of carbonyl (C=O) groups is 1. The van der Waals surface area contributed by atoms with E-state index in [2.05, 4.69) is 22.6 Å². The van der Waals surface area contributed by atoms with Crippen LogP contribution in [0.2, 0.25) is 0 Å². The van der Waals surface area contributed by atoms with E-state index in [4.69, 9.17) is 4.74 Å². The molecule has 1 aromatic heterocycles. The molecule has 0 amide bonds. The van der Waals surface area contributed by atoms with Crippen molar-refractivity contribution in [3.8, 4) is 0 Å². The molecule has 130 valence electrons. The highest BCUT2D eigenvalue weighted by Crippen LogP contribution is 2.32. The Morgan fingerprint density at radius 3 is 2.58 bits per heavy atom. The normalized spacial score (nSPS) is 13.1. The van der Waals surface area contributed by atoms with Crippen molar-refractivity contribution in [1.29, 1.82) is 0 Å². The van der Waals surface area contributed by atoms with Gasteiger partial charge in [-0.2, -0.15) is 0 Å². The van der Waals surface area contributed by atoms with E-state index < -0.39 is 5.97 Å². The molecule has 0 aliphatic heterocycles. The Morgan fingerprint density at radius 2 is 2.04 bits per heavy atom. The molecular weight excluding hydrogens is 421 g/mol. The molecule has 0 spiro atoms. The van der Waals surface area contributed by atoms with Crippen LogP contribution in [0.3, 0.4) is 0 Å². The number of aliphatic hydroxyl groups is 1. The molecule has 0 saturated carbocycles. The third-order valence-corrected chi connectivity index (χ3v) is 4.67. The van der Waals surface area contributed by atoms with Crippen LogP contribution < -0.4 is 5.43 Å². The van der Waals surface area contributed by atoms with E-state index >= 15 is 0 Å². The van der Waals surface area contributed by atoms with Gasteiger partial charge in [0.1, 0.15) is 5.56 Å². The molecular formula is C18H22INO4. The average Bonchev–Trinajstić information content (AvgIpc) is 2.49. The van der Waals surface area contributed by atoms with Crippen LogP contribution in [0, 0.1) is 8.99 Å². The zero-order chi connectivity index (χ0) is 18.1. The number of aromatic nitrogens is 1. The number of hydrogen-bond acceptors (Lipinski definition) is 4. The van der Waals surface area contributed by atoms with Gasteiger partial charge in [0, 0.05) is 15.2 Å². The number of benzene rings is 1. The van der Waals surface area contributed by atoms with Crippen molar-refractivity contribution >= 4 is 39.5 Å². The van der Waals surface area contributed by atoms with Gasteiger partial charge in [0.15, 0.2) is 0 Å². The maximum Gasteiger partial charge on any atom is 0.343 e. The Bertz CT molecular complexity index is 820. The molecule has 2 rings (SSSR count). The predicted octanol–water partition coefficient (Wildman–Crippen LogP) is 3.36. The maximum atomic E-state index is 12.7. The summed E-state index contributed by atoms with van der Waals surface area (Å²) in [5, 5.41) is 10.4. The van der Waals surface area contributed by atoms with Crippen LogP contribution in [-0.2, 0) is 4.74 Å². The van der Waals surface area contributed by atoms with Gasteiger partial charge in [0.2, 0.25) is 5.43 Å². The molecule has 1 N–H and O–H groups in total. The number of pyridine rings is 1. The lowest BCUT2D eigenvalue weighted by atomic mass is 9.86. The molecule has 6 heteroatoms. The summed E-state index contributed by atoms with van der Waals surface area (Å²) < 4.78 is 7.75. The van der Waals surface area contributed by atoms with Crippen molar-refractivity contribution in [1.82, 2.24) is 4.57 Å². The lowest BCUT2D eigenvalue weighted by Gasteiger charge is -2.32. The summed E-state index contributed by atoms with van der Waals surface area (Å²) >= 11 is 2.13. The van der Waals surface area contributed by atoms with Crippen molar-refractivity contribution in [3.63, 3.8) is 0 Å². The molecule has 0 unspecified atom stereocenters. The van der Waals surface area contributed by atoms with E-state index in [0.29, 0.717) is 10.9 Å². The Hall–Kier alpha value is -1.41. The second-order valence-corrected chi connectivity index (χ2v) is 7.97. The molecule has 0 aliphatic carbocycles. The van der Waals surface area contributed by atoms with Crippen molar-refractivity contribution in [2.45, 2.75) is 33.7 Å². The third kappa shape index (κ3) is 3.64. The Labute approximate surface area is 154 Å². The number of rotatable bonds is 4. The minimum absolute atomic E-state index is 0.00551. The van der Waals surface area contributed by atoms with Crippen LogP contribution in [-0.4, -0.2) is 28.9 Å². The quantitative estimate of drug-likeness (QED) is 0.582. The van der Waals surface area contributed by atoms with Gasteiger partial charge >= 0.3 is 5.97 Å². The predicted molar refractivity (Wildman–Crippen MR) is 102 cm³/mol. The van der Waals surface area contributed by atoms with E-state index in [-0.39, 0.29) is 35.7 Å². The van der Waals surface area contributed by atoms with Gasteiger partial charge in [-0.15, -0.1) is 0 Å². The maximum absolute atomic E-state index is 12.7. The molecule has 1 aromatic carbocycles. The van der Waals surface area contributed by atoms with Gasteiger partial charge in [-0.3, -0.25) is 4.79 Å². The van der Waals surface area contributed by atoms with E-state index in [9.17, 15) is 14.7 Å². The van der Waals surface area contributed by atoms with Crippen molar-refractivity contribution in [2.75, 3.05) is 13.2 Å². The number of nitrogens with zero attached hydrogens (tertiary/aromatic N) is 1. The second kappa shape index (κ2) is 7.23. The first-order valence-electron chi connectivity index (χ1n) is 7.83. The molecule has 1 heterocycles. The molecule has 0 aliphatic rings. The summed E-state index contributed by atoms with van der Waals surface area (Å²) in [5.41, 5.74) is 0.0892. The fraction of sp³-hybridized carbons (Fsp3) is 0.444. The minimum Gasteiger partial charge on any atom is -0.462 e. The summed E-state index contributed by atoms with van der Waals surface area (Å²) in [6.07, 6.45) is 1.52. The fourth-order valence-corrected chi connectivity index (χ4v) is 3.21. The molecule has 2 aromatic rings. The highest BCUT2D eigenvalue weighted by atomic mass is 127. The zero-order valence-electron chi connectivity index (χ0n) is 14.3. The molecule has 0 bridgehead atoms. The number of fused-ring (bicyclic) bond motifs is 1. The summed E-state index contributed by atoms with van der Waals surface area (Å²) in [5.74, 6) is -0.636. The zero-order valence-corrected chi connectivity index (χ0v) is 16.5. The van der Waals surface area contributed by atoms with E-state index in [1.165, 1.54) is 6.20 Å². The van der Waals surface area contributed by atoms with Gasteiger partial charge in [-0.25, -0.2) is 4.79 Å². The van der Waals surface area contributed by atoms with Crippen LogP contribution in [0.15, 0.2) is 29.2 Å². The van der Waals surface area contributed by atoms with Crippen LogP contribution >= 0.6 is 22.6 Å². The smallest absolute Gasteiger partial charge is 0.343 e. The van der Waals surface area contributed by atoms with Crippen LogP contribution in [0.1, 0.15) is 44.1 Å². The molecule has 1 atom stereocenters. The van der Waals surface area contributed by atoms with E-state index in [0.717, 1.165) is 3.57 Å². The second-order valence-electron chi connectivity index (χ2n) is 6.73. The van der Waals surface area contributed by atoms with Gasteiger partial charge in [0.25, 0.3) is 0 Å². The number of esters is 1. The molecule has 5 nitrogen and oxygen atoms in total. The first-order chi connectivity index (χ1) is 11.2. The topological polar surface area (TPSA) is 68.5 Å². The van der Waals surface area contributed by atoms with Crippen molar-refractivity contribution in [2.24, 2.45) is 5.41 Å². The monoisotopic (exact) mass is 443 g/mol. The van der Waals surface area contributed by atoms with E-state index in [1.54, 1.807) is 13.0 Å². The Kier molecular flexibility index (Phi) is 5.70. The minimum atomic E-state index is -0.636. The molecule has 0 saturated heterocycles.